The molecule has 29 heavy (non-hydrogen) atoms. The van der Waals surface area contributed by atoms with Gasteiger partial charge in [-0.1, -0.05) is 30.3 Å². The van der Waals surface area contributed by atoms with Gasteiger partial charge in [-0.3, -0.25) is 4.90 Å². The molecule has 1 N–H and O–H groups in total. The summed E-state index contributed by atoms with van der Waals surface area (Å²) in [5.74, 6) is 2.12. The van der Waals surface area contributed by atoms with Crippen LogP contribution >= 0.6 is 0 Å². The fourth-order valence-electron chi connectivity index (χ4n) is 4.68. The fraction of sp³-hybridized carbons (Fsp3) is 0.520. The SMILES string of the molecule is Cc1c(C)c2c(c(C)c1OCc1ccccc1)CCC(C)(CN1CCNCC1)O2. The van der Waals surface area contributed by atoms with Crippen molar-refractivity contribution in [2.45, 2.75) is 52.7 Å². The summed E-state index contributed by atoms with van der Waals surface area (Å²) in [7, 11) is 0. The lowest BCUT2D eigenvalue weighted by molar-refractivity contribution is 0.0209. The molecule has 0 saturated carbocycles. The van der Waals surface area contributed by atoms with Gasteiger partial charge in [-0.2, -0.15) is 0 Å². The number of nitrogens with zero attached hydrogens (tertiary/aromatic N) is 1. The molecule has 2 heterocycles. The number of nitrogens with one attached hydrogen (secondary N) is 1. The first-order valence-corrected chi connectivity index (χ1v) is 10.9. The average Bonchev–Trinajstić information content (AvgIpc) is 2.73. The minimum absolute atomic E-state index is 0.125. The second-order valence-electron chi connectivity index (χ2n) is 8.86. The number of benzene rings is 2. The number of hydrogen-bond donors (Lipinski definition) is 1. The Kier molecular flexibility index (Phi) is 5.84. The molecule has 4 rings (SSSR count). The first-order chi connectivity index (χ1) is 14.0. The molecule has 2 aromatic carbocycles. The fourth-order valence-corrected chi connectivity index (χ4v) is 4.68. The maximum Gasteiger partial charge on any atom is 0.127 e. The van der Waals surface area contributed by atoms with Crippen molar-refractivity contribution in [2.75, 3.05) is 32.7 Å². The van der Waals surface area contributed by atoms with Crippen LogP contribution < -0.4 is 14.8 Å². The largest absolute Gasteiger partial charge is 0.488 e. The summed E-state index contributed by atoms with van der Waals surface area (Å²) in [4.78, 5) is 2.54. The Morgan fingerprint density at radius 2 is 1.76 bits per heavy atom. The maximum absolute atomic E-state index is 6.71. The minimum Gasteiger partial charge on any atom is -0.488 e. The van der Waals surface area contributed by atoms with Crippen LogP contribution in [0.15, 0.2) is 30.3 Å². The molecule has 0 amide bonds. The summed E-state index contributed by atoms with van der Waals surface area (Å²) in [6, 6.07) is 10.4. The number of ether oxygens (including phenoxy) is 2. The molecule has 0 radical (unpaired) electrons. The van der Waals surface area contributed by atoms with Crippen LogP contribution in [0.5, 0.6) is 11.5 Å². The highest BCUT2D eigenvalue weighted by molar-refractivity contribution is 5.59. The van der Waals surface area contributed by atoms with Gasteiger partial charge in [0.1, 0.15) is 23.7 Å². The number of rotatable bonds is 5. The molecule has 0 aromatic heterocycles. The van der Waals surface area contributed by atoms with Gasteiger partial charge in [-0.15, -0.1) is 0 Å². The minimum atomic E-state index is -0.125. The molecule has 2 aliphatic rings. The van der Waals surface area contributed by atoms with Crippen molar-refractivity contribution in [3.8, 4) is 11.5 Å². The van der Waals surface area contributed by atoms with Crippen LogP contribution in [-0.2, 0) is 13.0 Å². The Balaban J connectivity index is 1.55. The molecular formula is C25H34N2O2. The highest BCUT2D eigenvalue weighted by atomic mass is 16.5. The quantitative estimate of drug-likeness (QED) is 0.825. The third-order valence-electron chi connectivity index (χ3n) is 6.56. The zero-order chi connectivity index (χ0) is 20.4. The maximum atomic E-state index is 6.71. The zero-order valence-corrected chi connectivity index (χ0v) is 18.3. The van der Waals surface area contributed by atoms with Crippen LogP contribution in [0.2, 0.25) is 0 Å². The van der Waals surface area contributed by atoms with Crippen molar-refractivity contribution in [1.82, 2.24) is 10.2 Å². The molecular weight excluding hydrogens is 360 g/mol. The molecule has 0 bridgehead atoms. The number of fused-ring (bicyclic) bond motifs is 1. The summed E-state index contributed by atoms with van der Waals surface area (Å²) in [6.07, 6.45) is 2.10. The predicted octanol–water partition coefficient (Wildman–Crippen LogP) is 4.18. The normalized spacial score (nSPS) is 22.1. The number of piperazine rings is 1. The van der Waals surface area contributed by atoms with Crippen molar-refractivity contribution in [2.24, 2.45) is 0 Å². The van der Waals surface area contributed by atoms with E-state index in [9.17, 15) is 0 Å². The van der Waals surface area contributed by atoms with Gasteiger partial charge < -0.3 is 14.8 Å². The summed E-state index contributed by atoms with van der Waals surface area (Å²) < 4.78 is 13.0. The lowest BCUT2D eigenvalue weighted by Gasteiger charge is -2.42. The third-order valence-corrected chi connectivity index (χ3v) is 6.56. The standard InChI is InChI=1S/C25H34N2O2/c1-18-19(2)24-22(20(3)23(18)28-16-21-8-6-5-7-9-21)10-11-25(4,29-24)17-27-14-12-26-13-15-27/h5-9,26H,10-17H2,1-4H3. The Morgan fingerprint density at radius 1 is 1.03 bits per heavy atom. The van der Waals surface area contributed by atoms with Crippen molar-refractivity contribution in [1.29, 1.82) is 0 Å². The van der Waals surface area contributed by atoms with Gasteiger partial charge in [0.2, 0.25) is 0 Å². The van der Waals surface area contributed by atoms with Crippen LogP contribution in [-0.4, -0.2) is 43.2 Å². The Morgan fingerprint density at radius 3 is 2.48 bits per heavy atom. The molecule has 1 unspecified atom stereocenters. The van der Waals surface area contributed by atoms with E-state index >= 15 is 0 Å². The van der Waals surface area contributed by atoms with Gasteiger partial charge in [-0.25, -0.2) is 0 Å². The molecule has 2 aromatic rings. The number of hydrogen-bond acceptors (Lipinski definition) is 4. The van der Waals surface area contributed by atoms with Crippen LogP contribution in [0.1, 0.15) is 41.2 Å². The highest BCUT2D eigenvalue weighted by Gasteiger charge is 2.36. The van der Waals surface area contributed by atoms with Crippen LogP contribution in [0.25, 0.3) is 0 Å². The van der Waals surface area contributed by atoms with Crippen molar-refractivity contribution in [3.05, 3.63) is 58.1 Å². The zero-order valence-electron chi connectivity index (χ0n) is 18.3. The molecule has 4 heteroatoms. The monoisotopic (exact) mass is 394 g/mol. The van der Waals surface area contributed by atoms with Crippen molar-refractivity contribution < 1.29 is 9.47 Å². The molecule has 4 nitrogen and oxygen atoms in total. The first-order valence-electron chi connectivity index (χ1n) is 10.9. The van der Waals surface area contributed by atoms with E-state index in [1.165, 1.54) is 27.8 Å². The smallest absolute Gasteiger partial charge is 0.127 e. The lowest BCUT2D eigenvalue weighted by Crippen LogP contribution is -2.52. The van der Waals surface area contributed by atoms with E-state index in [4.69, 9.17) is 9.47 Å². The van der Waals surface area contributed by atoms with E-state index in [2.05, 4.69) is 62.2 Å². The predicted molar refractivity (Wildman–Crippen MR) is 118 cm³/mol. The van der Waals surface area contributed by atoms with E-state index in [-0.39, 0.29) is 5.60 Å². The molecule has 0 aliphatic carbocycles. The van der Waals surface area contributed by atoms with Gasteiger partial charge in [0, 0.05) is 38.3 Å². The van der Waals surface area contributed by atoms with Crippen molar-refractivity contribution >= 4 is 0 Å². The van der Waals surface area contributed by atoms with Crippen LogP contribution in [0.4, 0.5) is 0 Å². The third kappa shape index (κ3) is 4.29. The van der Waals surface area contributed by atoms with E-state index in [1.807, 2.05) is 6.07 Å². The topological polar surface area (TPSA) is 33.7 Å². The van der Waals surface area contributed by atoms with Gasteiger partial charge >= 0.3 is 0 Å². The summed E-state index contributed by atoms with van der Waals surface area (Å²) in [5.41, 5.74) is 6.06. The average molecular weight is 395 g/mol. The molecule has 1 fully saturated rings. The molecule has 1 atom stereocenters. The highest BCUT2D eigenvalue weighted by Crippen LogP contribution is 2.44. The van der Waals surface area contributed by atoms with Gasteiger partial charge in [-0.05, 0) is 62.8 Å². The second kappa shape index (κ2) is 8.37. The van der Waals surface area contributed by atoms with Crippen molar-refractivity contribution in [3.63, 3.8) is 0 Å². The van der Waals surface area contributed by atoms with Gasteiger partial charge in [0.05, 0.1) is 0 Å². The Labute approximate surface area is 175 Å². The van der Waals surface area contributed by atoms with E-state index < -0.39 is 0 Å². The molecule has 2 aliphatic heterocycles. The van der Waals surface area contributed by atoms with E-state index in [0.29, 0.717) is 6.61 Å². The van der Waals surface area contributed by atoms with Crippen LogP contribution in [0.3, 0.4) is 0 Å². The second-order valence-corrected chi connectivity index (χ2v) is 8.86. The Bertz CT molecular complexity index is 859. The summed E-state index contributed by atoms with van der Waals surface area (Å²) in [6.45, 7) is 14.8. The summed E-state index contributed by atoms with van der Waals surface area (Å²) >= 11 is 0. The lowest BCUT2D eigenvalue weighted by atomic mass is 9.86. The summed E-state index contributed by atoms with van der Waals surface area (Å²) in [5, 5.41) is 3.44. The van der Waals surface area contributed by atoms with E-state index in [1.54, 1.807) is 0 Å². The molecule has 0 spiro atoms. The molecule has 156 valence electrons. The Hall–Kier alpha value is -2.04. The van der Waals surface area contributed by atoms with Crippen LogP contribution in [0, 0.1) is 20.8 Å². The van der Waals surface area contributed by atoms with Gasteiger partial charge in [0.15, 0.2) is 0 Å². The van der Waals surface area contributed by atoms with E-state index in [0.717, 1.165) is 57.1 Å². The first kappa shape index (κ1) is 20.2. The van der Waals surface area contributed by atoms with Gasteiger partial charge in [0.25, 0.3) is 0 Å². The molecule has 1 saturated heterocycles.